The third-order valence-electron chi connectivity index (χ3n) is 2.64. The standard InChI is InChI=1S/C15H20ClF3N2O2/c1-9(8-20-13(22)23-14(2,3)4)21-10-5-6-12(16)11(7-10)15(17,18)19/h5-7,9,21H,8H2,1-4H3,(H,20,22). The van der Waals surface area contributed by atoms with Crippen LogP contribution in [-0.2, 0) is 10.9 Å². The molecule has 130 valence electrons. The van der Waals surface area contributed by atoms with Gasteiger partial charge in [0.2, 0.25) is 0 Å². The normalized spacial score (nSPS) is 13.4. The second-order valence-corrected chi connectivity index (χ2v) is 6.53. The van der Waals surface area contributed by atoms with Gasteiger partial charge in [0.1, 0.15) is 5.60 Å². The molecule has 0 aliphatic carbocycles. The summed E-state index contributed by atoms with van der Waals surface area (Å²) in [7, 11) is 0. The van der Waals surface area contributed by atoms with Gasteiger partial charge < -0.3 is 15.4 Å². The molecule has 2 N–H and O–H groups in total. The zero-order valence-corrected chi connectivity index (χ0v) is 14.1. The smallest absolute Gasteiger partial charge is 0.417 e. The number of alkyl carbamates (subject to hydrolysis) is 1. The van der Waals surface area contributed by atoms with E-state index in [1.165, 1.54) is 12.1 Å². The number of benzene rings is 1. The number of ether oxygens (including phenoxy) is 1. The molecular weight excluding hydrogens is 333 g/mol. The van der Waals surface area contributed by atoms with Gasteiger partial charge in [-0.15, -0.1) is 0 Å². The molecule has 1 unspecified atom stereocenters. The quantitative estimate of drug-likeness (QED) is 0.827. The maximum absolute atomic E-state index is 12.8. The van der Waals surface area contributed by atoms with Crippen molar-refractivity contribution >= 4 is 23.4 Å². The van der Waals surface area contributed by atoms with Gasteiger partial charge in [0.25, 0.3) is 0 Å². The van der Waals surface area contributed by atoms with Gasteiger partial charge in [-0.1, -0.05) is 11.6 Å². The van der Waals surface area contributed by atoms with Crippen LogP contribution in [0, 0.1) is 0 Å². The molecule has 0 fully saturated rings. The van der Waals surface area contributed by atoms with E-state index in [1.807, 2.05) is 0 Å². The Bertz CT molecular complexity index is 557. The van der Waals surface area contributed by atoms with Crippen LogP contribution in [0.15, 0.2) is 18.2 Å². The van der Waals surface area contributed by atoms with Crippen LogP contribution in [0.5, 0.6) is 0 Å². The van der Waals surface area contributed by atoms with E-state index in [0.717, 1.165) is 6.07 Å². The predicted molar refractivity (Wildman–Crippen MR) is 83.8 cm³/mol. The lowest BCUT2D eigenvalue weighted by atomic mass is 10.1. The molecule has 0 aromatic heterocycles. The summed E-state index contributed by atoms with van der Waals surface area (Å²) in [6, 6.07) is 3.26. The summed E-state index contributed by atoms with van der Waals surface area (Å²) < 4.78 is 43.4. The topological polar surface area (TPSA) is 50.4 Å². The van der Waals surface area contributed by atoms with E-state index in [9.17, 15) is 18.0 Å². The summed E-state index contributed by atoms with van der Waals surface area (Å²) >= 11 is 5.56. The van der Waals surface area contributed by atoms with Crippen molar-refractivity contribution in [2.75, 3.05) is 11.9 Å². The van der Waals surface area contributed by atoms with Crippen LogP contribution in [0.2, 0.25) is 5.02 Å². The van der Waals surface area contributed by atoms with Crippen molar-refractivity contribution in [1.82, 2.24) is 5.32 Å². The van der Waals surface area contributed by atoms with Crippen LogP contribution in [-0.4, -0.2) is 24.3 Å². The van der Waals surface area contributed by atoms with Crippen molar-refractivity contribution in [1.29, 1.82) is 0 Å². The van der Waals surface area contributed by atoms with Crippen LogP contribution in [0.3, 0.4) is 0 Å². The first-order valence-corrected chi connectivity index (χ1v) is 7.36. The summed E-state index contributed by atoms with van der Waals surface area (Å²) in [5.74, 6) is 0. The molecular formula is C15H20ClF3N2O2. The van der Waals surface area contributed by atoms with Gasteiger partial charge in [-0.25, -0.2) is 4.79 Å². The summed E-state index contributed by atoms with van der Waals surface area (Å²) in [4.78, 5) is 11.5. The molecule has 1 aromatic carbocycles. The second kappa shape index (κ2) is 7.29. The third kappa shape index (κ3) is 6.99. The van der Waals surface area contributed by atoms with Gasteiger partial charge in [0.15, 0.2) is 0 Å². The number of carbonyl (C=O) groups is 1. The summed E-state index contributed by atoms with van der Waals surface area (Å²) in [5.41, 5.74) is -1.25. The highest BCUT2D eigenvalue weighted by molar-refractivity contribution is 6.31. The van der Waals surface area contributed by atoms with Crippen molar-refractivity contribution in [3.05, 3.63) is 28.8 Å². The lowest BCUT2D eigenvalue weighted by Gasteiger charge is -2.21. The molecule has 1 rings (SSSR count). The van der Waals surface area contributed by atoms with Crippen molar-refractivity contribution in [3.63, 3.8) is 0 Å². The Morgan fingerprint density at radius 2 is 1.91 bits per heavy atom. The lowest BCUT2D eigenvalue weighted by molar-refractivity contribution is -0.137. The molecule has 1 aromatic rings. The van der Waals surface area contributed by atoms with Gasteiger partial charge in [-0.2, -0.15) is 13.2 Å². The molecule has 0 aliphatic rings. The van der Waals surface area contributed by atoms with Crippen LogP contribution in [0.4, 0.5) is 23.7 Å². The Labute approximate surface area is 138 Å². The van der Waals surface area contributed by atoms with E-state index in [1.54, 1.807) is 27.7 Å². The highest BCUT2D eigenvalue weighted by Gasteiger charge is 2.33. The minimum Gasteiger partial charge on any atom is -0.444 e. The monoisotopic (exact) mass is 352 g/mol. The SMILES string of the molecule is CC(CNC(=O)OC(C)(C)C)Nc1ccc(Cl)c(C(F)(F)F)c1. The maximum Gasteiger partial charge on any atom is 0.417 e. The number of anilines is 1. The average molecular weight is 353 g/mol. The van der Waals surface area contributed by atoms with Gasteiger partial charge in [0.05, 0.1) is 10.6 Å². The molecule has 0 heterocycles. The first kappa shape index (κ1) is 19.4. The molecule has 0 radical (unpaired) electrons. The molecule has 0 aliphatic heterocycles. The molecule has 23 heavy (non-hydrogen) atoms. The van der Waals surface area contributed by atoms with Gasteiger partial charge >= 0.3 is 12.3 Å². The van der Waals surface area contributed by atoms with E-state index in [0.29, 0.717) is 0 Å². The number of alkyl halides is 3. The Morgan fingerprint density at radius 1 is 1.30 bits per heavy atom. The highest BCUT2D eigenvalue weighted by atomic mass is 35.5. The van der Waals surface area contributed by atoms with Crippen LogP contribution >= 0.6 is 11.6 Å². The summed E-state index contributed by atoms with van der Waals surface area (Å²) in [6.45, 7) is 7.13. The second-order valence-electron chi connectivity index (χ2n) is 6.12. The van der Waals surface area contributed by atoms with Crippen molar-refractivity contribution in [2.45, 2.75) is 45.5 Å². The minimum absolute atomic E-state index is 0.193. The molecule has 0 bridgehead atoms. The van der Waals surface area contributed by atoms with E-state index >= 15 is 0 Å². The van der Waals surface area contributed by atoms with Crippen molar-refractivity contribution < 1.29 is 22.7 Å². The highest BCUT2D eigenvalue weighted by Crippen LogP contribution is 2.36. The average Bonchev–Trinajstić information content (AvgIpc) is 2.35. The van der Waals surface area contributed by atoms with Crippen LogP contribution in [0.25, 0.3) is 0 Å². The van der Waals surface area contributed by atoms with Gasteiger partial charge in [-0.3, -0.25) is 0 Å². The Morgan fingerprint density at radius 3 is 2.43 bits per heavy atom. The molecule has 0 saturated heterocycles. The van der Waals surface area contributed by atoms with E-state index in [4.69, 9.17) is 16.3 Å². The zero-order valence-electron chi connectivity index (χ0n) is 13.3. The Kier molecular flexibility index (Phi) is 6.16. The van der Waals surface area contributed by atoms with E-state index in [-0.39, 0.29) is 23.3 Å². The van der Waals surface area contributed by atoms with E-state index in [2.05, 4.69) is 10.6 Å². The Balaban J connectivity index is 2.61. The number of rotatable bonds is 4. The predicted octanol–water partition coefficient (Wildman–Crippen LogP) is 4.68. The molecule has 0 saturated carbocycles. The third-order valence-corrected chi connectivity index (χ3v) is 2.97. The summed E-state index contributed by atoms with van der Waals surface area (Å²) in [6.07, 6.45) is -5.11. The fourth-order valence-corrected chi connectivity index (χ4v) is 1.94. The number of hydrogen-bond acceptors (Lipinski definition) is 3. The lowest BCUT2D eigenvalue weighted by Crippen LogP contribution is -2.38. The van der Waals surface area contributed by atoms with Gasteiger partial charge in [0, 0.05) is 18.3 Å². The zero-order chi connectivity index (χ0) is 17.8. The minimum atomic E-state index is -4.52. The molecule has 1 atom stereocenters. The summed E-state index contributed by atoms with van der Waals surface area (Å²) in [5, 5.41) is 5.06. The molecule has 4 nitrogen and oxygen atoms in total. The number of hydrogen-bond donors (Lipinski definition) is 2. The maximum atomic E-state index is 12.8. The molecule has 8 heteroatoms. The van der Waals surface area contributed by atoms with Crippen molar-refractivity contribution in [3.8, 4) is 0 Å². The number of carbonyl (C=O) groups excluding carboxylic acids is 1. The van der Waals surface area contributed by atoms with E-state index < -0.39 is 23.4 Å². The number of halogens is 4. The number of amides is 1. The first-order chi connectivity index (χ1) is 10.4. The van der Waals surface area contributed by atoms with Crippen LogP contribution in [0.1, 0.15) is 33.3 Å². The fourth-order valence-electron chi connectivity index (χ4n) is 1.72. The van der Waals surface area contributed by atoms with Gasteiger partial charge in [-0.05, 0) is 45.9 Å². The number of nitrogens with one attached hydrogen (secondary N) is 2. The van der Waals surface area contributed by atoms with Crippen LogP contribution < -0.4 is 10.6 Å². The van der Waals surface area contributed by atoms with Crippen molar-refractivity contribution in [2.24, 2.45) is 0 Å². The molecule has 1 amide bonds. The molecule has 0 spiro atoms. The largest absolute Gasteiger partial charge is 0.444 e. The Hall–Kier alpha value is -1.63. The first-order valence-electron chi connectivity index (χ1n) is 6.98. The fraction of sp³-hybridized carbons (Fsp3) is 0.533.